The minimum Gasteiger partial charge on any atom is -0.465 e. The molecule has 0 heterocycles. The lowest BCUT2D eigenvalue weighted by molar-refractivity contribution is 0.0600. The average molecular weight is 221 g/mol. The molecule has 0 aliphatic heterocycles. The van der Waals surface area contributed by atoms with Crippen LogP contribution in [0.15, 0.2) is 24.3 Å². The second kappa shape index (κ2) is 6.61. The highest BCUT2D eigenvalue weighted by atomic mass is 16.5. The lowest BCUT2D eigenvalue weighted by Crippen LogP contribution is -2.01. The van der Waals surface area contributed by atoms with E-state index in [9.17, 15) is 9.59 Å². The monoisotopic (exact) mass is 221 g/mol. The van der Waals surface area contributed by atoms with Gasteiger partial charge < -0.3 is 9.47 Å². The molecule has 0 saturated heterocycles. The number of carbonyl (C=O) groups is 1. The number of esters is 1. The topological polar surface area (TPSA) is 52.6 Å². The molecular formula is C12H13O4. The summed E-state index contributed by atoms with van der Waals surface area (Å²) in [7, 11) is 1.35. The molecule has 16 heavy (non-hydrogen) atoms. The van der Waals surface area contributed by atoms with E-state index in [0.29, 0.717) is 12.2 Å². The van der Waals surface area contributed by atoms with Crippen LogP contribution in [0.1, 0.15) is 22.3 Å². The Kier molecular flexibility index (Phi) is 5.05. The summed E-state index contributed by atoms with van der Waals surface area (Å²) in [4.78, 5) is 20.9. The summed E-state index contributed by atoms with van der Waals surface area (Å²) in [5.41, 5.74) is 1.62. The van der Waals surface area contributed by atoms with E-state index in [1.54, 1.807) is 12.1 Å². The van der Waals surface area contributed by atoms with E-state index >= 15 is 0 Å². The highest BCUT2D eigenvalue weighted by Gasteiger charge is 2.03. The fourth-order valence-corrected chi connectivity index (χ4v) is 1.32. The maximum absolute atomic E-state index is 11.1. The summed E-state index contributed by atoms with van der Waals surface area (Å²) >= 11 is 0. The number of aryl methyl sites for hydroxylation is 1. The number of carbonyl (C=O) groups excluding carboxylic acids is 2. The molecule has 1 rings (SSSR count). The van der Waals surface area contributed by atoms with Crippen LogP contribution in [-0.4, -0.2) is 26.2 Å². The van der Waals surface area contributed by atoms with Crippen molar-refractivity contribution in [2.24, 2.45) is 0 Å². The van der Waals surface area contributed by atoms with Crippen LogP contribution in [-0.2, 0) is 20.7 Å². The van der Waals surface area contributed by atoms with Crippen molar-refractivity contribution in [1.82, 2.24) is 0 Å². The molecule has 0 fully saturated rings. The Morgan fingerprint density at radius 2 is 2.00 bits per heavy atom. The van der Waals surface area contributed by atoms with Gasteiger partial charge in [0.2, 0.25) is 0 Å². The third-order valence-electron chi connectivity index (χ3n) is 2.15. The van der Waals surface area contributed by atoms with Crippen LogP contribution in [0.25, 0.3) is 0 Å². The number of hydrogen-bond acceptors (Lipinski definition) is 4. The van der Waals surface area contributed by atoms with Crippen molar-refractivity contribution in [3.63, 3.8) is 0 Å². The molecule has 0 aromatic heterocycles. The lowest BCUT2D eigenvalue weighted by atomic mass is 10.1. The van der Waals surface area contributed by atoms with Gasteiger partial charge in [0.05, 0.1) is 19.3 Å². The maximum atomic E-state index is 11.1. The second-order valence-corrected chi connectivity index (χ2v) is 3.22. The first-order valence-electron chi connectivity index (χ1n) is 4.94. The van der Waals surface area contributed by atoms with Gasteiger partial charge in [-0.15, -0.1) is 0 Å². The Morgan fingerprint density at radius 1 is 1.31 bits per heavy atom. The van der Waals surface area contributed by atoms with Crippen LogP contribution in [0.3, 0.4) is 0 Å². The summed E-state index contributed by atoms with van der Waals surface area (Å²) in [6.07, 6.45) is 1.54. The zero-order valence-corrected chi connectivity index (χ0v) is 9.06. The normalized spacial score (nSPS) is 9.56. The Hall–Kier alpha value is -1.84. The van der Waals surface area contributed by atoms with E-state index in [1.165, 1.54) is 13.6 Å². The molecular weight excluding hydrogens is 208 g/mol. The molecule has 0 atom stereocenters. The molecule has 1 aromatic rings. The third kappa shape index (κ3) is 3.73. The van der Waals surface area contributed by atoms with E-state index < -0.39 is 0 Å². The lowest BCUT2D eigenvalue weighted by Gasteiger charge is -2.02. The van der Waals surface area contributed by atoms with E-state index in [-0.39, 0.29) is 5.97 Å². The number of hydrogen-bond donors (Lipinski definition) is 0. The smallest absolute Gasteiger partial charge is 0.417 e. The van der Waals surface area contributed by atoms with Gasteiger partial charge in [-0.05, 0) is 30.5 Å². The summed E-state index contributed by atoms with van der Waals surface area (Å²) < 4.78 is 9.04. The maximum Gasteiger partial charge on any atom is 0.417 e. The molecule has 0 bridgehead atoms. The summed E-state index contributed by atoms with van der Waals surface area (Å²) in [6.45, 7) is 1.74. The first-order valence-corrected chi connectivity index (χ1v) is 4.94. The van der Waals surface area contributed by atoms with Crippen LogP contribution in [0.5, 0.6) is 0 Å². The highest BCUT2D eigenvalue weighted by Crippen LogP contribution is 2.07. The van der Waals surface area contributed by atoms with Crippen LogP contribution >= 0.6 is 0 Å². The number of rotatable bonds is 6. The van der Waals surface area contributed by atoms with Gasteiger partial charge in [0.25, 0.3) is 0 Å². The van der Waals surface area contributed by atoms with Gasteiger partial charge in [-0.25, -0.2) is 9.59 Å². The quantitative estimate of drug-likeness (QED) is 0.539. The summed E-state index contributed by atoms with van der Waals surface area (Å²) in [5.74, 6) is -0.342. The predicted molar refractivity (Wildman–Crippen MR) is 57.7 cm³/mol. The molecule has 1 radical (unpaired) electrons. The van der Waals surface area contributed by atoms with E-state index in [2.05, 4.69) is 9.47 Å². The zero-order chi connectivity index (χ0) is 11.8. The molecule has 4 nitrogen and oxygen atoms in total. The van der Waals surface area contributed by atoms with E-state index in [1.807, 2.05) is 12.1 Å². The molecule has 0 aliphatic carbocycles. The molecule has 85 valence electrons. The number of benzene rings is 1. The van der Waals surface area contributed by atoms with Gasteiger partial charge in [-0.1, -0.05) is 12.1 Å². The Morgan fingerprint density at radius 3 is 2.56 bits per heavy atom. The standard InChI is InChI=1S/C12H13O4/c1-15-12(14)11-6-4-10(5-7-11)3-2-8-16-9-13/h4-7H,2-3,8H2,1H3. The van der Waals surface area contributed by atoms with Gasteiger partial charge in [-0.2, -0.15) is 0 Å². The minimum absolute atomic E-state index is 0.342. The molecule has 4 heteroatoms. The summed E-state index contributed by atoms with van der Waals surface area (Å²) in [6, 6.07) is 7.15. The highest BCUT2D eigenvalue weighted by molar-refractivity contribution is 5.89. The van der Waals surface area contributed by atoms with Crippen molar-refractivity contribution < 1.29 is 19.1 Å². The van der Waals surface area contributed by atoms with Gasteiger partial charge in [0.1, 0.15) is 0 Å². The number of methoxy groups -OCH3 is 1. The average Bonchev–Trinajstić information content (AvgIpc) is 2.34. The van der Waals surface area contributed by atoms with Crippen molar-refractivity contribution in [3.8, 4) is 0 Å². The van der Waals surface area contributed by atoms with Gasteiger partial charge in [0, 0.05) is 0 Å². The summed E-state index contributed by atoms with van der Waals surface area (Å²) in [5, 5.41) is 0. The zero-order valence-electron chi connectivity index (χ0n) is 9.06. The van der Waals surface area contributed by atoms with E-state index in [4.69, 9.17) is 0 Å². The SMILES string of the molecule is COC(=O)c1ccc(CCCO[C]=O)cc1. The van der Waals surface area contributed by atoms with Crippen molar-refractivity contribution in [3.05, 3.63) is 35.4 Å². The van der Waals surface area contributed by atoms with Gasteiger partial charge in [0.15, 0.2) is 0 Å². The molecule has 0 unspecified atom stereocenters. The van der Waals surface area contributed by atoms with Crippen molar-refractivity contribution in [2.75, 3.05) is 13.7 Å². The van der Waals surface area contributed by atoms with Gasteiger partial charge >= 0.3 is 12.4 Å². The Bertz CT molecular complexity index is 343. The van der Waals surface area contributed by atoms with Crippen LogP contribution < -0.4 is 0 Å². The second-order valence-electron chi connectivity index (χ2n) is 3.22. The Balaban J connectivity index is 2.45. The van der Waals surface area contributed by atoms with E-state index in [0.717, 1.165) is 18.4 Å². The first-order chi connectivity index (χ1) is 7.77. The molecule has 0 amide bonds. The fraction of sp³-hybridized carbons (Fsp3) is 0.333. The first kappa shape index (κ1) is 12.2. The molecule has 0 spiro atoms. The minimum atomic E-state index is -0.342. The van der Waals surface area contributed by atoms with Crippen LogP contribution in [0.4, 0.5) is 0 Å². The van der Waals surface area contributed by atoms with Gasteiger partial charge in [-0.3, -0.25) is 0 Å². The third-order valence-corrected chi connectivity index (χ3v) is 2.15. The van der Waals surface area contributed by atoms with Crippen LogP contribution in [0.2, 0.25) is 0 Å². The molecule has 0 aliphatic rings. The Labute approximate surface area is 94.2 Å². The molecule has 0 N–H and O–H groups in total. The van der Waals surface area contributed by atoms with Crippen molar-refractivity contribution in [2.45, 2.75) is 12.8 Å². The fourth-order valence-electron chi connectivity index (χ4n) is 1.32. The predicted octanol–water partition coefficient (Wildman–Crippen LogP) is 1.49. The largest absolute Gasteiger partial charge is 0.465 e. The number of ether oxygens (including phenoxy) is 2. The van der Waals surface area contributed by atoms with Crippen molar-refractivity contribution in [1.29, 1.82) is 0 Å². The van der Waals surface area contributed by atoms with Crippen molar-refractivity contribution >= 4 is 12.4 Å². The van der Waals surface area contributed by atoms with Crippen LogP contribution in [0, 0.1) is 0 Å². The molecule has 1 aromatic carbocycles. The molecule has 0 saturated carbocycles.